The van der Waals surface area contributed by atoms with Gasteiger partial charge in [0.05, 0.1) is 6.42 Å². The predicted octanol–water partition coefficient (Wildman–Crippen LogP) is 6.89. The first-order chi connectivity index (χ1) is 17.4. The molecular formula is C29H29Cl3N2O2. The second-order valence-corrected chi connectivity index (χ2v) is 10.5. The Hall–Kier alpha value is -2.53. The summed E-state index contributed by atoms with van der Waals surface area (Å²) in [5.74, 6) is -0.329. The van der Waals surface area contributed by atoms with Gasteiger partial charge < -0.3 is 10.2 Å². The van der Waals surface area contributed by atoms with Crippen molar-refractivity contribution in [2.24, 2.45) is 0 Å². The van der Waals surface area contributed by atoms with Crippen LogP contribution in [0.3, 0.4) is 0 Å². The second-order valence-electron chi connectivity index (χ2n) is 9.26. The van der Waals surface area contributed by atoms with E-state index in [4.69, 9.17) is 34.8 Å². The summed E-state index contributed by atoms with van der Waals surface area (Å²) in [7, 11) is 0. The summed E-state index contributed by atoms with van der Waals surface area (Å²) in [5.41, 5.74) is 2.50. The molecule has 3 aromatic rings. The molecule has 4 nitrogen and oxygen atoms in total. The minimum atomic E-state index is -0.689. The van der Waals surface area contributed by atoms with Crippen molar-refractivity contribution in [3.63, 3.8) is 0 Å². The smallest absolute Gasteiger partial charge is 0.243 e. The Morgan fingerprint density at radius 1 is 0.861 bits per heavy atom. The fraction of sp³-hybridized carbons (Fsp3) is 0.310. The second kappa shape index (κ2) is 12.6. The van der Waals surface area contributed by atoms with Gasteiger partial charge in [0, 0.05) is 34.1 Å². The van der Waals surface area contributed by atoms with E-state index < -0.39 is 6.04 Å². The molecule has 1 aliphatic rings. The molecule has 4 rings (SSSR count). The van der Waals surface area contributed by atoms with Crippen molar-refractivity contribution in [2.75, 3.05) is 0 Å². The Bertz CT molecular complexity index is 1200. The van der Waals surface area contributed by atoms with Crippen molar-refractivity contribution in [2.45, 2.75) is 57.2 Å². The number of carbonyl (C=O) groups excluding carboxylic acids is 2. The Balaban J connectivity index is 1.67. The largest absolute Gasteiger partial charge is 0.352 e. The van der Waals surface area contributed by atoms with Crippen molar-refractivity contribution in [3.8, 4) is 0 Å². The van der Waals surface area contributed by atoms with Gasteiger partial charge in [-0.15, -0.1) is 0 Å². The zero-order valence-electron chi connectivity index (χ0n) is 19.9. The number of rotatable bonds is 9. The molecule has 1 saturated carbocycles. The van der Waals surface area contributed by atoms with Crippen molar-refractivity contribution in [1.82, 2.24) is 10.2 Å². The van der Waals surface area contributed by atoms with Gasteiger partial charge in [-0.1, -0.05) is 96.2 Å². The molecule has 1 atom stereocenters. The first-order valence-corrected chi connectivity index (χ1v) is 13.3. The van der Waals surface area contributed by atoms with Crippen LogP contribution in [0.5, 0.6) is 0 Å². The van der Waals surface area contributed by atoms with Gasteiger partial charge in [-0.05, 0) is 53.8 Å². The Kier molecular flexibility index (Phi) is 9.30. The normalized spacial score (nSPS) is 14.4. The molecule has 2 amide bonds. The average Bonchev–Trinajstić information content (AvgIpc) is 3.36. The van der Waals surface area contributed by atoms with E-state index >= 15 is 0 Å². The molecule has 188 valence electrons. The molecule has 0 bridgehead atoms. The zero-order valence-corrected chi connectivity index (χ0v) is 22.2. The predicted molar refractivity (Wildman–Crippen MR) is 147 cm³/mol. The maximum atomic E-state index is 13.8. The molecule has 36 heavy (non-hydrogen) atoms. The molecule has 0 aliphatic heterocycles. The maximum absolute atomic E-state index is 13.8. The van der Waals surface area contributed by atoms with Gasteiger partial charge in [-0.2, -0.15) is 0 Å². The summed E-state index contributed by atoms with van der Waals surface area (Å²) in [6, 6.07) is 21.7. The first kappa shape index (κ1) is 26.5. The van der Waals surface area contributed by atoms with Crippen molar-refractivity contribution in [3.05, 3.63) is 105 Å². The van der Waals surface area contributed by atoms with E-state index in [0.717, 1.165) is 36.8 Å². The van der Waals surface area contributed by atoms with Crippen LogP contribution in [-0.2, 0) is 29.0 Å². The summed E-state index contributed by atoms with van der Waals surface area (Å²) < 4.78 is 0. The van der Waals surface area contributed by atoms with Gasteiger partial charge in [0.2, 0.25) is 11.8 Å². The number of benzene rings is 3. The minimum Gasteiger partial charge on any atom is -0.352 e. The lowest BCUT2D eigenvalue weighted by atomic mass is 10.0. The number of amides is 2. The SMILES string of the molecule is O=C(NC1CCCC1)C(Cc1ccccc1)N(Cc1cccc(Cl)c1)C(=O)Cc1ccc(Cl)cc1Cl. The van der Waals surface area contributed by atoms with Gasteiger partial charge in [-0.25, -0.2) is 0 Å². The van der Waals surface area contributed by atoms with E-state index in [2.05, 4.69) is 5.32 Å². The van der Waals surface area contributed by atoms with Crippen LogP contribution in [0.25, 0.3) is 0 Å². The highest BCUT2D eigenvalue weighted by Gasteiger charge is 2.32. The Morgan fingerprint density at radius 3 is 2.25 bits per heavy atom. The summed E-state index contributed by atoms with van der Waals surface area (Å²) in [5, 5.41) is 4.72. The molecule has 0 saturated heterocycles. The highest BCUT2D eigenvalue weighted by molar-refractivity contribution is 6.35. The summed E-state index contributed by atoms with van der Waals surface area (Å²) in [6.07, 6.45) is 4.60. The minimum absolute atomic E-state index is 0.0541. The lowest BCUT2D eigenvalue weighted by Crippen LogP contribution is -2.52. The van der Waals surface area contributed by atoms with Gasteiger partial charge >= 0.3 is 0 Å². The van der Waals surface area contributed by atoms with Crippen LogP contribution < -0.4 is 5.32 Å². The standard InChI is InChI=1S/C29H29Cl3N2O2/c30-23-10-6-9-21(15-23)19-34(28(35)17-22-13-14-24(31)18-26(22)32)27(16-20-7-2-1-3-8-20)29(36)33-25-11-4-5-12-25/h1-3,6-10,13-15,18,25,27H,4-5,11-12,16-17,19H2,(H,33,36). The summed E-state index contributed by atoms with van der Waals surface area (Å²) in [6.45, 7) is 0.250. The van der Waals surface area contributed by atoms with Crippen molar-refractivity contribution >= 4 is 46.6 Å². The molecule has 0 spiro atoms. The molecule has 7 heteroatoms. The third-order valence-electron chi connectivity index (χ3n) is 6.57. The van der Waals surface area contributed by atoms with Crippen molar-refractivity contribution < 1.29 is 9.59 Å². The van der Waals surface area contributed by atoms with Crippen LogP contribution in [0.4, 0.5) is 0 Å². The zero-order chi connectivity index (χ0) is 25.5. The topological polar surface area (TPSA) is 49.4 Å². The number of carbonyl (C=O) groups is 2. The van der Waals surface area contributed by atoms with Crippen LogP contribution in [0.1, 0.15) is 42.4 Å². The first-order valence-electron chi connectivity index (χ1n) is 12.2. The van der Waals surface area contributed by atoms with E-state index in [1.165, 1.54) is 0 Å². The van der Waals surface area contributed by atoms with Crippen LogP contribution in [0, 0.1) is 0 Å². The molecule has 3 aromatic carbocycles. The molecule has 1 aliphatic carbocycles. The summed E-state index contributed by atoms with van der Waals surface area (Å²) in [4.78, 5) is 29.2. The van der Waals surface area contributed by atoms with Gasteiger partial charge in [0.1, 0.15) is 6.04 Å². The maximum Gasteiger partial charge on any atom is 0.243 e. The third-order valence-corrected chi connectivity index (χ3v) is 7.39. The fourth-order valence-corrected chi connectivity index (χ4v) is 5.37. The van der Waals surface area contributed by atoms with E-state index in [-0.39, 0.29) is 30.8 Å². The van der Waals surface area contributed by atoms with Crippen LogP contribution in [0.15, 0.2) is 72.8 Å². The monoisotopic (exact) mass is 542 g/mol. The quantitative estimate of drug-likeness (QED) is 0.319. The number of halogens is 3. The van der Waals surface area contributed by atoms with E-state index in [0.29, 0.717) is 27.1 Å². The van der Waals surface area contributed by atoms with Gasteiger partial charge in [0.15, 0.2) is 0 Å². The van der Waals surface area contributed by atoms with Gasteiger partial charge in [-0.3, -0.25) is 9.59 Å². The molecule has 1 N–H and O–H groups in total. The molecule has 1 unspecified atom stereocenters. The van der Waals surface area contributed by atoms with Crippen LogP contribution in [0.2, 0.25) is 15.1 Å². The number of nitrogens with one attached hydrogen (secondary N) is 1. The Labute approximate surface area is 227 Å². The lowest BCUT2D eigenvalue weighted by Gasteiger charge is -2.32. The van der Waals surface area contributed by atoms with Crippen molar-refractivity contribution in [1.29, 1.82) is 0 Å². The third kappa shape index (κ3) is 7.25. The average molecular weight is 544 g/mol. The molecule has 0 radical (unpaired) electrons. The van der Waals surface area contributed by atoms with E-state index in [1.54, 1.807) is 29.2 Å². The highest BCUT2D eigenvalue weighted by atomic mass is 35.5. The van der Waals surface area contributed by atoms with Gasteiger partial charge in [0.25, 0.3) is 0 Å². The molecule has 0 heterocycles. The molecule has 0 aromatic heterocycles. The van der Waals surface area contributed by atoms with Crippen LogP contribution in [-0.4, -0.2) is 28.8 Å². The molecular weight excluding hydrogens is 515 g/mol. The van der Waals surface area contributed by atoms with E-state index in [1.807, 2.05) is 48.5 Å². The Morgan fingerprint density at radius 2 is 1.56 bits per heavy atom. The fourth-order valence-electron chi connectivity index (χ4n) is 4.68. The summed E-state index contributed by atoms with van der Waals surface area (Å²) >= 11 is 18.7. The van der Waals surface area contributed by atoms with Crippen LogP contribution >= 0.6 is 34.8 Å². The number of nitrogens with zero attached hydrogens (tertiary/aromatic N) is 1. The molecule has 1 fully saturated rings. The number of hydrogen-bond donors (Lipinski definition) is 1. The highest BCUT2D eigenvalue weighted by Crippen LogP contribution is 2.24. The van der Waals surface area contributed by atoms with E-state index in [9.17, 15) is 9.59 Å². The lowest BCUT2D eigenvalue weighted by molar-refractivity contribution is -0.141. The number of hydrogen-bond acceptors (Lipinski definition) is 2.